The molecule has 1 aliphatic heterocycles. The monoisotopic (exact) mass is 279 g/mol. The van der Waals surface area contributed by atoms with Crippen LogP contribution in [0.25, 0.3) is 0 Å². The van der Waals surface area contributed by atoms with Gasteiger partial charge < -0.3 is 19.5 Å². The molecule has 1 aliphatic rings. The first-order chi connectivity index (χ1) is 9.72. The second-order valence-corrected chi connectivity index (χ2v) is 4.85. The number of carbonyl (C=O) groups is 1. The molecule has 0 saturated carbocycles. The highest BCUT2D eigenvalue weighted by Crippen LogP contribution is 2.18. The van der Waals surface area contributed by atoms with Gasteiger partial charge in [-0.05, 0) is 24.1 Å². The normalized spacial score (nSPS) is 21.7. The van der Waals surface area contributed by atoms with E-state index in [4.69, 9.17) is 14.2 Å². The number of benzene rings is 1. The van der Waals surface area contributed by atoms with Gasteiger partial charge in [-0.1, -0.05) is 12.1 Å². The van der Waals surface area contributed by atoms with Crippen LogP contribution in [0.2, 0.25) is 0 Å². The molecular weight excluding hydrogens is 258 g/mol. The Hall–Kier alpha value is -1.59. The second kappa shape index (κ2) is 7.26. The van der Waals surface area contributed by atoms with Crippen LogP contribution in [-0.2, 0) is 20.7 Å². The largest absolute Gasteiger partial charge is 0.489 e. The van der Waals surface area contributed by atoms with Gasteiger partial charge in [0.2, 0.25) is 0 Å². The number of hydrogen-bond donors (Lipinski definition) is 1. The van der Waals surface area contributed by atoms with Gasteiger partial charge in [0.25, 0.3) is 0 Å². The molecule has 5 heteroatoms. The molecule has 0 amide bonds. The van der Waals surface area contributed by atoms with Crippen LogP contribution in [0.15, 0.2) is 24.3 Å². The van der Waals surface area contributed by atoms with Crippen LogP contribution in [0.5, 0.6) is 5.75 Å². The average Bonchev–Trinajstić information content (AvgIpc) is 2.94. The van der Waals surface area contributed by atoms with Crippen molar-refractivity contribution < 1.29 is 19.0 Å². The molecule has 1 aromatic rings. The van der Waals surface area contributed by atoms with Gasteiger partial charge in [-0.3, -0.25) is 4.79 Å². The zero-order valence-electron chi connectivity index (χ0n) is 11.9. The Kier molecular flexibility index (Phi) is 5.38. The van der Waals surface area contributed by atoms with E-state index in [9.17, 15) is 4.79 Å². The lowest BCUT2D eigenvalue weighted by Gasteiger charge is -2.13. The summed E-state index contributed by atoms with van der Waals surface area (Å²) in [5.41, 5.74) is 1.22. The van der Waals surface area contributed by atoms with E-state index in [0.717, 1.165) is 12.2 Å². The molecule has 1 fully saturated rings. The standard InChI is InChI=1S/C15H21NO4/c1-18-8-7-11-3-5-12(6-4-11)20-13-9-14(16-10-13)15(17)19-2/h3-6,13-14,16H,7-10H2,1-2H3. The van der Waals surface area contributed by atoms with E-state index >= 15 is 0 Å². The van der Waals surface area contributed by atoms with Crippen molar-refractivity contribution >= 4 is 5.97 Å². The third-order valence-corrected chi connectivity index (χ3v) is 3.40. The molecule has 1 heterocycles. The summed E-state index contributed by atoms with van der Waals surface area (Å²) in [6, 6.07) is 7.72. The summed E-state index contributed by atoms with van der Waals surface area (Å²) in [6.45, 7) is 1.37. The lowest BCUT2D eigenvalue weighted by atomic mass is 10.1. The van der Waals surface area contributed by atoms with Crippen LogP contribution in [-0.4, -0.2) is 45.5 Å². The lowest BCUT2D eigenvalue weighted by Crippen LogP contribution is -2.31. The summed E-state index contributed by atoms with van der Waals surface area (Å²) in [6.07, 6.45) is 1.54. The highest BCUT2D eigenvalue weighted by Gasteiger charge is 2.31. The molecule has 1 aromatic carbocycles. The van der Waals surface area contributed by atoms with Crippen LogP contribution in [0.4, 0.5) is 0 Å². The number of hydrogen-bond acceptors (Lipinski definition) is 5. The Balaban J connectivity index is 1.83. The number of ether oxygens (including phenoxy) is 3. The van der Waals surface area contributed by atoms with E-state index in [-0.39, 0.29) is 18.1 Å². The third-order valence-electron chi connectivity index (χ3n) is 3.40. The molecule has 110 valence electrons. The van der Waals surface area contributed by atoms with Gasteiger partial charge in [-0.15, -0.1) is 0 Å². The van der Waals surface area contributed by atoms with Gasteiger partial charge in [0.1, 0.15) is 17.9 Å². The lowest BCUT2D eigenvalue weighted by molar-refractivity contribution is -0.142. The number of esters is 1. The zero-order chi connectivity index (χ0) is 14.4. The Bertz CT molecular complexity index is 432. The van der Waals surface area contributed by atoms with Crippen molar-refractivity contribution in [1.29, 1.82) is 0 Å². The molecule has 2 unspecified atom stereocenters. The van der Waals surface area contributed by atoms with Crippen LogP contribution in [0, 0.1) is 0 Å². The van der Waals surface area contributed by atoms with Crippen LogP contribution < -0.4 is 10.1 Å². The molecule has 1 N–H and O–H groups in total. The Labute approximate surface area is 119 Å². The van der Waals surface area contributed by atoms with Gasteiger partial charge >= 0.3 is 5.97 Å². The Morgan fingerprint density at radius 2 is 2.05 bits per heavy atom. The summed E-state index contributed by atoms with van der Waals surface area (Å²) in [4.78, 5) is 11.4. The smallest absolute Gasteiger partial charge is 0.323 e. The van der Waals surface area contributed by atoms with Crippen molar-refractivity contribution in [1.82, 2.24) is 5.32 Å². The van der Waals surface area contributed by atoms with Gasteiger partial charge in [0, 0.05) is 20.1 Å². The van der Waals surface area contributed by atoms with Crippen molar-refractivity contribution in [3.8, 4) is 5.75 Å². The summed E-state index contributed by atoms with van der Waals surface area (Å²) < 4.78 is 15.6. The van der Waals surface area contributed by atoms with Gasteiger partial charge in [0.15, 0.2) is 0 Å². The number of nitrogens with one attached hydrogen (secondary N) is 1. The van der Waals surface area contributed by atoms with Gasteiger partial charge in [0.05, 0.1) is 13.7 Å². The van der Waals surface area contributed by atoms with E-state index in [0.29, 0.717) is 19.6 Å². The minimum absolute atomic E-state index is 0.00363. The fourth-order valence-electron chi connectivity index (χ4n) is 2.26. The van der Waals surface area contributed by atoms with E-state index in [1.54, 1.807) is 7.11 Å². The molecule has 1 saturated heterocycles. The highest BCUT2D eigenvalue weighted by atomic mass is 16.5. The first kappa shape index (κ1) is 14.8. The van der Waals surface area contributed by atoms with Gasteiger partial charge in [-0.25, -0.2) is 0 Å². The summed E-state index contributed by atoms with van der Waals surface area (Å²) in [5, 5.41) is 3.10. The first-order valence-corrected chi connectivity index (χ1v) is 6.78. The third kappa shape index (κ3) is 3.95. The van der Waals surface area contributed by atoms with E-state index in [1.165, 1.54) is 12.7 Å². The van der Waals surface area contributed by atoms with Gasteiger partial charge in [-0.2, -0.15) is 0 Å². The predicted molar refractivity (Wildman–Crippen MR) is 74.9 cm³/mol. The highest BCUT2D eigenvalue weighted by molar-refractivity contribution is 5.76. The Morgan fingerprint density at radius 1 is 1.30 bits per heavy atom. The quantitative estimate of drug-likeness (QED) is 0.792. The SMILES string of the molecule is COCCc1ccc(OC2CNC(C(=O)OC)C2)cc1. The van der Waals surface area contributed by atoms with E-state index in [2.05, 4.69) is 5.32 Å². The molecule has 20 heavy (non-hydrogen) atoms. The maximum Gasteiger partial charge on any atom is 0.323 e. The molecule has 0 aliphatic carbocycles. The van der Waals surface area contributed by atoms with Crippen LogP contribution in [0.3, 0.4) is 0 Å². The molecule has 0 bridgehead atoms. The molecule has 0 spiro atoms. The van der Waals surface area contributed by atoms with Crippen molar-refractivity contribution in [3.63, 3.8) is 0 Å². The fourth-order valence-corrected chi connectivity index (χ4v) is 2.26. The minimum Gasteiger partial charge on any atom is -0.489 e. The first-order valence-electron chi connectivity index (χ1n) is 6.78. The fraction of sp³-hybridized carbons (Fsp3) is 0.533. The summed E-state index contributed by atoms with van der Waals surface area (Å²) in [7, 11) is 3.10. The maximum atomic E-state index is 11.4. The topological polar surface area (TPSA) is 56.8 Å². The zero-order valence-corrected chi connectivity index (χ0v) is 11.9. The average molecular weight is 279 g/mol. The van der Waals surface area contributed by atoms with Crippen molar-refractivity contribution in [2.24, 2.45) is 0 Å². The van der Waals surface area contributed by atoms with Crippen LogP contribution in [0.1, 0.15) is 12.0 Å². The van der Waals surface area contributed by atoms with E-state index < -0.39 is 0 Å². The van der Waals surface area contributed by atoms with Crippen molar-refractivity contribution in [2.45, 2.75) is 25.0 Å². The Morgan fingerprint density at radius 3 is 2.70 bits per heavy atom. The maximum absolute atomic E-state index is 11.4. The van der Waals surface area contributed by atoms with E-state index in [1.807, 2.05) is 24.3 Å². The number of carbonyl (C=O) groups excluding carboxylic acids is 1. The van der Waals surface area contributed by atoms with Crippen molar-refractivity contribution in [2.75, 3.05) is 27.4 Å². The predicted octanol–water partition coefficient (Wildman–Crippen LogP) is 1.16. The summed E-state index contributed by atoms with van der Waals surface area (Å²) >= 11 is 0. The number of rotatable bonds is 6. The molecule has 0 aromatic heterocycles. The number of methoxy groups -OCH3 is 2. The molecule has 2 atom stereocenters. The van der Waals surface area contributed by atoms with Crippen LogP contribution >= 0.6 is 0 Å². The van der Waals surface area contributed by atoms with Crippen molar-refractivity contribution in [3.05, 3.63) is 29.8 Å². The minimum atomic E-state index is -0.258. The molecule has 2 rings (SSSR count). The second-order valence-electron chi connectivity index (χ2n) is 4.85. The molecular formula is C15H21NO4. The summed E-state index contributed by atoms with van der Waals surface area (Å²) in [5.74, 6) is 0.592. The molecule has 5 nitrogen and oxygen atoms in total. The molecule has 0 radical (unpaired) electrons.